The van der Waals surface area contributed by atoms with E-state index in [1.54, 1.807) is 18.2 Å². The minimum atomic E-state index is 0.0116. The van der Waals surface area contributed by atoms with Gasteiger partial charge in [-0.05, 0) is 47.1 Å². The van der Waals surface area contributed by atoms with Crippen LogP contribution >= 0.6 is 15.9 Å². The average molecular weight is 215 g/mol. The van der Waals surface area contributed by atoms with Gasteiger partial charge in [-0.2, -0.15) is 0 Å². The molecule has 0 bridgehead atoms. The molecule has 0 N–H and O–H groups in total. The summed E-state index contributed by atoms with van der Waals surface area (Å²) in [5.41, 5.74) is 0. The second-order valence-electron chi connectivity index (χ2n) is 2.09. The van der Waals surface area contributed by atoms with Crippen molar-refractivity contribution >= 4 is 27.8 Å². The van der Waals surface area contributed by atoms with Crippen molar-refractivity contribution in [1.29, 1.82) is 0 Å². The summed E-state index contributed by atoms with van der Waals surface area (Å²) in [7, 11) is 0. The molecule has 0 aliphatic rings. The molecule has 1 heterocycles. The molecule has 0 atom stereocenters. The van der Waals surface area contributed by atoms with E-state index >= 15 is 0 Å². The first-order chi connectivity index (χ1) is 5.18. The lowest BCUT2D eigenvalue weighted by Gasteiger charge is -1.81. The molecular formula is C8H7BrO2. The molecule has 58 valence electrons. The van der Waals surface area contributed by atoms with Crippen LogP contribution < -0.4 is 0 Å². The maximum absolute atomic E-state index is 10.5. The maximum atomic E-state index is 10.5. The van der Waals surface area contributed by atoms with Crippen molar-refractivity contribution in [2.75, 3.05) is 0 Å². The summed E-state index contributed by atoms with van der Waals surface area (Å²) < 4.78 is 5.78. The molecule has 3 heteroatoms. The van der Waals surface area contributed by atoms with Crippen LogP contribution in [0.3, 0.4) is 0 Å². The number of hydrogen-bond acceptors (Lipinski definition) is 2. The normalized spacial score (nSPS) is 10.7. The highest BCUT2D eigenvalue weighted by Gasteiger charge is 1.93. The molecule has 0 saturated carbocycles. The molecule has 1 rings (SSSR count). The minimum Gasteiger partial charge on any atom is -0.450 e. The van der Waals surface area contributed by atoms with Gasteiger partial charge in [-0.3, -0.25) is 4.79 Å². The predicted molar refractivity (Wildman–Crippen MR) is 46.1 cm³/mol. The average Bonchev–Trinajstić information content (AvgIpc) is 2.31. The summed E-state index contributed by atoms with van der Waals surface area (Å²) in [6.45, 7) is 1.49. The Morgan fingerprint density at radius 3 is 2.82 bits per heavy atom. The standard InChI is InChI=1S/C8H7BrO2/c1-6(10)2-3-7-4-5-8(9)11-7/h2-5H,1H3/b3-2+. The number of rotatable bonds is 2. The van der Waals surface area contributed by atoms with Crippen molar-refractivity contribution in [3.05, 3.63) is 28.6 Å². The molecule has 0 aliphatic carbocycles. The van der Waals surface area contributed by atoms with E-state index in [0.717, 1.165) is 0 Å². The van der Waals surface area contributed by atoms with Gasteiger partial charge in [0.1, 0.15) is 5.76 Å². The molecule has 0 saturated heterocycles. The highest BCUT2D eigenvalue weighted by atomic mass is 79.9. The van der Waals surface area contributed by atoms with Gasteiger partial charge >= 0.3 is 0 Å². The Morgan fingerprint density at radius 1 is 1.64 bits per heavy atom. The van der Waals surface area contributed by atoms with E-state index in [2.05, 4.69) is 15.9 Å². The molecule has 0 radical (unpaired) electrons. The quantitative estimate of drug-likeness (QED) is 0.709. The Bertz CT molecular complexity index is 286. The molecular weight excluding hydrogens is 208 g/mol. The minimum absolute atomic E-state index is 0.0116. The van der Waals surface area contributed by atoms with Gasteiger partial charge in [0.05, 0.1) is 0 Å². The number of furan rings is 1. The fraction of sp³-hybridized carbons (Fsp3) is 0.125. The van der Waals surface area contributed by atoms with E-state index in [-0.39, 0.29) is 5.78 Å². The number of hydrogen-bond donors (Lipinski definition) is 0. The number of ketones is 1. The van der Waals surface area contributed by atoms with Crippen LogP contribution in [-0.2, 0) is 4.79 Å². The van der Waals surface area contributed by atoms with Crippen molar-refractivity contribution in [3.63, 3.8) is 0 Å². The van der Waals surface area contributed by atoms with Crippen molar-refractivity contribution < 1.29 is 9.21 Å². The molecule has 1 aromatic heterocycles. The summed E-state index contributed by atoms with van der Waals surface area (Å²) in [5.74, 6) is 0.685. The van der Waals surface area contributed by atoms with Crippen molar-refractivity contribution in [3.8, 4) is 0 Å². The van der Waals surface area contributed by atoms with E-state index in [0.29, 0.717) is 10.4 Å². The predicted octanol–water partition coefficient (Wildman–Crippen LogP) is 2.64. The number of allylic oxidation sites excluding steroid dienone is 1. The third-order valence-corrected chi connectivity index (χ3v) is 1.50. The number of halogens is 1. The molecule has 0 aliphatic heterocycles. The fourth-order valence-electron chi connectivity index (χ4n) is 0.617. The Morgan fingerprint density at radius 2 is 2.36 bits per heavy atom. The zero-order chi connectivity index (χ0) is 8.27. The first-order valence-electron chi connectivity index (χ1n) is 3.12. The Kier molecular flexibility index (Phi) is 2.65. The van der Waals surface area contributed by atoms with E-state index in [4.69, 9.17) is 4.42 Å². The van der Waals surface area contributed by atoms with Gasteiger partial charge in [-0.25, -0.2) is 0 Å². The van der Waals surface area contributed by atoms with Crippen LogP contribution in [-0.4, -0.2) is 5.78 Å². The summed E-state index contributed by atoms with van der Waals surface area (Å²) in [4.78, 5) is 10.5. The zero-order valence-electron chi connectivity index (χ0n) is 6.00. The lowest BCUT2D eigenvalue weighted by molar-refractivity contribution is -0.112. The van der Waals surface area contributed by atoms with Gasteiger partial charge in [0, 0.05) is 0 Å². The molecule has 1 aromatic rings. The van der Waals surface area contributed by atoms with E-state index in [1.807, 2.05) is 0 Å². The van der Waals surface area contributed by atoms with Crippen molar-refractivity contribution in [2.45, 2.75) is 6.92 Å². The van der Waals surface area contributed by atoms with Gasteiger partial charge < -0.3 is 4.42 Å². The van der Waals surface area contributed by atoms with Crippen LogP contribution in [0.2, 0.25) is 0 Å². The van der Waals surface area contributed by atoms with Crippen LogP contribution in [0, 0.1) is 0 Å². The third kappa shape index (κ3) is 2.72. The highest BCUT2D eigenvalue weighted by Crippen LogP contribution is 2.14. The summed E-state index contributed by atoms with van der Waals surface area (Å²) >= 11 is 3.15. The van der Waals surface area contributed by atoms with Crippen LogP contribution in [0.1, 0.15) is 12.7 Å². The molecule has 0 amide bonds. The fourth-order valence-corrected chi connectivity index (χ4v) is 0.936. The second kappa shape index (κ2) is 3.53. The van der Waals surface area contributed by atoms with Crippen molar-refractivity contribution in [2.24, 2.45) is 0 Å². The van der Waals surface area contributed by atoms with Crippen LogP contribution in [0.5, 0.6) is 0 Å². The second-order valence-corrected chi connectivity index (χ2v) is 2.87. The van der Waals surface area contributed by atoms with Gasteiger partial charge in [0.2, 0.25) is 0 Å². The van der Waals surface area contributed by atoms with Gasteiger partial charge in [-0.15, -0.1) is 0 Å². The third-order valence-electron chi connectivity index (χ3n) is 1.08. The summed E-state index contributed by atoms with van der Waals surface area (Å²) in [5, 5.41) is 0. The molecule has 2 nitrogen and oxygen atoms in total. The lowest BCUT2D eigenvalue weighted by Crippen LogP contribution is -1.78. The zero-order valence-corrected chi connectivity index (χ0v) is 7.59. The molecule has 11 heavy (non-hydrogen) atoms. The molecule has 0 aromatic carbocycles. The van der Waals surface area contributed by atoms with Gasteiger partial charge in [0.25, 0.3) is 0 Å². The van der Waals surface area contributed by atoms with E-state index in [9.17, 15) is 4.79 Å². The molecule has 0 unspecified atom stereocenters. The molecule has 0 spiro atoms. The number of carbonyl (C=O) groups is 1. The molecule has 0 fully saturated rings. The highest BCUT2D eigenvalue weighted by molar-refractivity contribution is 9.10. The number of carbonyl (C=O) groups excluding carboxylic acids is 1. The van der Waals surface area contributed by atoms with Crippen LogP contribution in [0.25, 0.3) is 6.08 Å². The van der Waals surface area contributed by atoms with E-state index < -0.39 is 0 Å². The smallest absolute Gasteiger partial charge is 0.169 e. The maximum Gasteiger partial charge on any atom is 0.169 e. The first kappa shape index (κ1) is 8.27. The Hall–Kier alpha value is -0.830. The largest absolute Gasteiger partial charge is 0.450 e. The Labute approximate surface area is 73.0 Å². The Balaban J connectivity index is 2.71. The van der Waals surface area contributed by atoms with Crippen LogP contribution in [0.15, 0.2) is 27.3 Å². The van der Waals surface area contributed by atoms with Crippen molar-refractivity contribution in [1.82, 2.24) is 0 Å². The van der Waals surface area contributed by atoms with E-state index in [1.165, 1.54) is 13.0 Å². The van der Waals surface area contributed by atoms with Gasteiger partial charge in [0.15, 0.2) is 10.5 Å². The monoisotopic (exact) mass is 214 g/mol. The van der Waals surface area contributed by atoms with Gasteiger partial charge in [-0.1, -0.05) is 0 Å². The topological polar surface area (TPSA) is 30.2 Å². The van der Waals surface area contributed by atoms with Crippen LogP contribution in [0.4, 0.5) is 0 Å². The first-order valence-corrected chi connectivity index (χ1v) is 3.92. The summed E-state index contributed by atoms with van der Waals surface area (Å²) in [6, 6.07) is 3.56. The SMILES string of the molecule is CC(=O)/C=C/c1ccc(Br)o1. The summed E-state index contributed by atoms with van der Waals surface area (Å²) in [6.07, 6.45) is 3.10. The lowest BCUT2D eigenvalue weighted by atomic mass is 10.3.